The van der Waals surface area contributed by atoms with E-state index in [1.165, 1.54) is 6.07 Å². The van der Waals surface area contributed by atoms with Crippen LogP contribution in [0.25, 0.3) is 11.4 Å². The predicted octanol–water partition coefficient (Wildman–Crippen LogP) is 2.52. The van der Waals surface area contributed by atoms with Crippen LogP contribution in [0.5, 0.6) is 0 Å². The lowest BCUT2D eigenvalue weighted by atomic mass is 10.2. The average Bonchev–Trinajstić information content (AvgIpc) is 2.59. The number of rotatable bonds is 3. The molecule has 0 saturated carbocycles. The number of imidazole rings is 1. The van der Waals surface area contributed by atoms with E-state index in [1.54, 1.807) is 29.8 Å². The summed E-state index contributed by atoms with van der Waals surface area (Å²) in [6, 6.07) is 6.51. The van der Waals surface area contributed by atoms with Crippen LogP contribution in [0.4, 0.5) is 4.39 Å². The third kappa shape index (κ3) is 2.25. The molecule has 90 valence electrons. The molecule has 2 rings (SSSR count). The average molecular weight is 299 g/mol. The molecule has 0 aliphatic rings. The Bertz CT molecular complexity index is 539. The highest BCUT2D eigenvalue weighted by atomic mass is 79.9. The number of nitrogens with zero attached hydrogens (tertiary/aromatic N) is 2. The van der Waals surface area contributed by atoms with Crippen LogP contribution in [0.2, 0.25) is 0 Å². The molecule has 0 aliphatic heterocycles. The van der Waals surface area contributed by atoms with Crippen LogP contribution in [0.3, 0.4) is 0 Å². The lowest BCUT2D eigenvalue weighted by molar-refractivity contribution is 0.298. The van der Waals surface area contributed by atoms with E-state index < -0.39 is 0 Å². The van der Waals surface area contributed by atoms with E-state index in [2.05, 4.69) is 20.9 Å². The fraction of sp³-hybridized carbons (Fsp3) is 0.250. The maximum absolute atomic E-state index is 13.7. The number of hydrogen-bond acceptors (Lipinski definition) is 2. The SMILES string of the molecule is Cn1c(-c2ccccc2F)nc(CCO)c1Br. The largest absolute Gasteiger partial charge is 0.396 e. The van der Waals surface area contributed by atoms with Crippen LogP contribution in [0.1, 0.15) is 5.69 Å². The summed E-state index contributed by atoms with van der Waals surface area (Å²) in [5, 5.41) is 8.93. The molecule has 0 spiro atoms. The highest BCUT2D eigenvalue weighted by Crippen LogP contribution is 2.27. The van der Waals surface area contributed by atoms with Crippen molar-refractivity contribution in [1.29, 1.82) is 0 Å². The molecule has 1 N–H and O–H groups in total. The molecule has 2 aromatic rings. The van der Waals surface area contributed by atoms with Crippen molar-refractivity contribution >= 4 is 15.9 Å². The van der Waals surface area contributed by atoms with Crippen LogP contribution in [0, 0.1) is 5.82 Å². The Kier molecular flexibility index (Phi) is 3.59. The summed E-state index contributed by atoms with van der Waals surface area (Å²) in [6.07, 6.45) is 0.447. The predicted molar refractivity (Wildman–Crippen MR) is 67.1 cm³/mol. The van der Waals surface area contributed by atoms with Gasteiger partial charge in [-0.1, -0.05) is 12.1 Å². The molecule has 0 fully saturated rings. The number of aliphatic hydroxyl groups excluding tert-OH is 1. The summed E-state index contributed by atoms with van der Waals surface area (Å²) in [5.74, 6) is 0.252. The van der Waals surface area contributed by atoms with Crippen molar-refractivity contribution in [3.05, 3.63) is 40.4 Å². The Balaban J connectivity index is 2.53. The van der Waals surface area contributed by atoms with Crippen molar-refractivity contribution in [2.45, 2.75) is 6.42 Å². The van der Waals surface area contributed by atoms with Gasteiger partial charge in [-0.25, -0.2) is 9.37 Å². The second kappa shape index (κ2) is 4.98. The normalized spacial score (nSPS) is 10.8. The van der Waals surface area contributed by atoms with Crippen LogP contribution in [0.15, 0.2) is 28.9 Å². The van der Waals surface area contributed by atoms with Gasteiger partial charge in [-0.3, -0.25) is 0 Å². The lowest BCUT2D eigenvalue weighted by Gasteiger charge is -2.03. The molecular weight excluding hydrogens is 287 g/mol. The first kappa shape index (κ1) is 12.3. The van der Waals surface area contributed by atoms with Crippen LogP contribution >= 0.6 is 15.9 Å². The summed E-state index contributed by atoms with van der Waals surface area (Å²) in [5.41, 5.74) is 1.19. The summed E-state index contributed by atoms with van der Waals surface area (Å²) in [6.45, 7) is 0.0202. The van der Waals surface area contributed by atoms with Crippen molar-refractivity contribution in [3.8, 4) is 11.4 Å². The van der Waals surface area contributed by atoms with Crippen molar-refractivity contribution in [1.82, 2.24) is 9.55 Å². The molecule has 1 heterocycles. The molecule has 0 unspecified atom stereocenters. The van der Waals surface area contributed by atoms with E-state index in [0.717, 1.165) is 10.3 Å². The van der Waals surface area contributed by atoms with E-state index >= 15 is 0 Å². The van der Waals surface area contributed by atoms with Gasteiger partial charge in [-0.05, 0) is 28.1 Å². The number of aromatic nitrogens is 2. The van der Waals surface area contributed by atoms with Crippen LogP contribution < -0.4 is 0 Å². The summed E-state index contributed by atoms with van der Waals surface area (Å²) >= 11 is 3.39. The van der Waals surface area contributed by atoms with E-state index in [-0.39, 0.29) is 12.4 Å². The van der Waals surface area contributed by atoms with Crippen LogP contribution in [-0.2, 0) is 13.5 Å². The van der Waals surface area contributed by atoms with Gasteiger partial charge in [0.25, 0.3) is 0 Å². The molecule has 0 radical (unpaired) electrons. The highest BCUT2D eigenvalue weighted by Gasteiger charge is 2.15. The van der Waals surface area contributed by atoms with Gasteiger partial charge in [0.1, 0.15) is 16.2 Å². The van der Waals surface area contributed by atoms with E-state index in [4.69, 9.17) is 5.11 Å². The topological polar surface area (TPSA) is 38.0 Å². The molecular formula is C12H12BrFN2O. The number of hydrogen-bond donors (Lipinski definition) is 1. The quantitative estimate of drug-likeness (QED) is 0.945. The monoisotopic (exact) mass is 298 g/mol. The third-order valence-corrected chi connectivity index (χ3v) is 3.54. The zero-order valence-corrected chi connectivity index (χ0v) is 10.9. The van der Waals surface area contributed by atoms with Gasteiger partial charge in [0, 0.05) is 20.1 Å². The first-order valence-electron chi connectivity index (χ1n) is 5.22. The van der Waals surface area contributed by atoms with Gasteiger partial charge in [0.05, 0.1) is 11.3 Å². The molecule has 0 amide bonds. The van der Waals surface area contributed by atoms with Crippen molar-refractivity contribution < 1.29 is 9.50 Å². The van der Waals surface area contributed by atoms with Crippen LogP contribution in [-0.4, -0.2) is 21.3 Å². The second-order valence-electron chi connectivity index (χ2n) is 3.69. The Morgan fingerprint density at radius 3 is 2.76 bits per heavy atom. The van der Waals surface area contributed by atoms with Gasteiger partial charge in [-0.2, -0.15) is 0 Å². The fourth-order valence-electron chi connectivity index (χ4n) is 1.68. The molecule has 5 heteroatoms. The number of aliphatic hydroxyl groups is 1. The number of benzene rings is 1. The summed E-state index contributed by atoms with van der Waals surface area (Å²) in [7, 11) is 1.81. The third-order valence-electron chi connectivity index (χ3n) is 2.55. The molecule has 17 heavy (non-hydrogen) atoms. The maximum Gasteiger partial charge on any atom is 0.143 e. The Morgan fingerprint density at radius 2 is 2.12 bits per heavy atom. The van der Waals surface area contributed by atoms with Gasteiger partial charge in [-0.15, -0.1) is 0 Å². The second-order valence-corrected chi connectivity index (χ2v) is 4.44. The molecule has 0 aliphatic carbocycles. The first-order valence-corrected chi connectivity index (χ1v) is 6.01. The maximum atomic E-state index is 13.7. The minimum atomic E-state index is -0.302. The van der Waals surface area contributed by atoms with Gasteiger partial charge >= 0.3 is 0 Å². The smallest absolute Gasteiger partial charge is 0.143 e. The summed E-state index contributed by atoms with van der Waals surface area (Å²) < 4.78 is 16.2. The molecule has 3 nitrogen and oxygen atoms in total. The zero-order valence-electron chi connectivity index (χ0n) is 9.32. The molecule has 0 atom stereocenters. The molecule has 1 aromatic carbocycles. The Hall–Kier alpha value is -1.20. The highest BCUT2D eigenvalue weighted by molar-refractivity contribution is 9.10. The standard InChI is InChI=1S/C12H12BrFN2O/c1-16-11(13)10(6-7-17)15-12(16)8-4-2-3-5-9(8)14/h2-5,17H,6-7H2,1H3. The van der Waals surface area contributed by atoms with Gasteiger partial charge in [0.2, 0.25) is 0 Å². The van der Waals surface area contributed by atoms with Crippen molar-refractivity contribution in [2.24, 2.45) is 7.05 Å². The minimum Gasteiger partial charge on any atom is -0.396 e. The van der Waals surface area contributed by atoms with E-state index in [0.29, 0.717) is 17.8 Å². The van der Waals surface area contributed by atoms with E-state index in [9.17, 15) is 4.39 Å². The van der Waals surface area contributed by atoms with Crippen molar-refractivity contribution in [3.63, 3.8) is 0 Å². The minimum absolute atomic E-state index is 0.0202. The zero-order chi connectivity index (χ0) is 12.4. The van der Waals surface area contributed by atoms with E-state index in [1.807, 2.05) is 0 Å². The fourth-order valence-corrected chi connectivity index (χ4v) is 2.14. The summed E-state index contributed by atoms with van der Waals surface area (Å²) in [4.78, 5) is 4.35. The molecule has 0 bridgehead atoms. The molecule has 1 aromatic heterocycles. The molecule has 0 saturated heterocycles. The first-order chi connectivity index (χ1) is 8.15. The van der Waals surface area contributed by atoms with Crippen molar-refractivity contribution in [2.75, 3.05) is 6.61 Å². The Labute approximate surface area is 107 Å². The number of halogens is 2. The van der Waals surface area contributed by atoms with Gasteiger partial charge in [0.15, 0.2) is 0 Å². The van der Waals surface area contributed by atoms with Gasteiger partial charge < -0.3 is 9.67 Å². The Morgan fingerprint density at radius 1 is 1.41 bits per heavy atom. The lowest BCUT2D eigenvalue weighted by Crippen LogP contribution is -1.94.